The van der Waals surface area contributed by atoms with Crippen LogP contribution in [0.5, 0.6) is 0 Å². The Hall–Kier alpha value is -2.07. The van der Waals surface area contributed by atoms with Crippen LogP contribution in [0.3, 0.4) is 0 Å². The lowest BCUT2D eigenvalue weighted by molar-refractivity contribution is -0.137. The lowest BCUT2D eigenvalue weighted by atomic mass is 10.2. The molecule has 1 aromatic heterocycles. The van der Waals surface area contributed by atoms with E-state index in [2.05, 4.69) is 27.4 Å². The summed E-state index contributed by atoms with van der Waals surface area (Å²) in [6.07, 6.45) is -2.71. The van der Waals surface area contributed by atoms with Gasteiger partial charge in [0.25, 0.3) is 0 Å². The number of carbonyl (C=O) groups is 1. The van der Waals surface area contributed by atoms with Crippen LogP contribution >= 0.6 is 23.1 Å². The number of nitrogens with zero attached hydrogens (tertiary/aromatic N) is 2. The predicted molar refractivity (Wildman–Crippen MR) is 94.0 cm³/mol. The van der Waals surface area contributed by atoms with Gasteiger partial charge in [-0.2, -0.15) is 13.2 Å². The van der Waals surface area contributed by atoms with E-state index < -0.39 is 17.0 Å². The van der Waals surface area contributed by atoms with Crippen molar-refractivity contribution in [3.05, 3.63) is 42.5 Å². The lowest BCUT2D eigenvalue weighted by Crippen LogP contribution is -2.22. The van der Waals surface area contributed by atoms with Gasteiger partial charge in [0.1, 0.15) is 0 Å². The molecule has 2 N–H and O–H groups in total. The molecule has 2 rings (SSSR count). The molecule has 1 amide bonds. The fourth-order valence-corrected chi connectivity index (χ4v) is 3.58. The highest BCUT2D eigenvalue weighted by atomic mass is 32.2. The normalized spacial score (nSPS) is 12.5. The molecule has 0 aliphatic carbocycles. The fraction of sp³-hybridized carbons (Fsp3) is 0.267. The molecule has 0 unspecified atom stereocenters. The first-order valence-corrected chi connectivity index (χ1v) is 8.82. The average Bonchev–Trinajstić information content (AvgIpc) is 3.00. The molecule has 25 heavy (non-hydrogen) atoms. The van der Waals surface area contributed by atoms with Crippen molar-refractivity contribution in [1.82, 2.24) is 10.2 Å². The van der Waals surface area contributed by atoms with E-state index in [-0.39, 0.29) is 5.91 Å². The van der Waals surface area contributed by atoms with Gasteiger partial charge < -0.3 is 10.6 Å². The van der Waals surface area contributed by atoms with E-state index in [0.717, 1.165) is 12.1 Å². The number of nitrogens with one attached hydrogen (secondary N) is 2. The molecule has 0 aliphatic rings. The van der Waals surface area contributed by atoms with Gasteiger partial charge in [0.2, 0.25) is 11.0 Å². The van der Waals surface area contributed by atoms with E-state index in [0.29, 0.717) is 21.7 Å². The van der Waals surface area contributed by atoms with Crippen molar-refractivity contribution < 1.29 is 18.0 Å². The van der Waals surface area contributed by atoms with Gasteiger partial charge in [0.05, 0.1) is 10.8 Å². The summed E-state index contributed by atoms with van der Waals surface area (Å²) in [6, 6.07) is 4.30. The zero-order valence-electron chi connectivity index (χ0n) is 13.1. The molecule has 1 atom stereocenters. The second kappa shape index (κ2) is 8.34. The SMILES string of the molecule is C=CCNc1nnc(S[C@H](C)C(=O)Nc2ccc(C(F)(F)F)cc2)s1. The molecule has 0 radical (unpaired) electrons. The Kier molecular flexibility index (Phi) is 6.43. The second-order valence-corrected chi connectivity index (χ2v) is 7.43. The van der Waals surface area contributed by atoms with Crippen molar-refractivity contribution in [1.29, 1.82) is 0 Å². The van der Waals surface area contributed by atoms with Gasteiger partial charge in [0.15, 0.2) is 4.34 Å². The van der Waals surface area contributed by atoms with Crippen LogP contribution in [-0.2, 0) is 11.0 Å². The summed E-state index contributed by atoms with van der Waals surface area (Å²) in [6.45, 7) is 5.83. The minimum atomic E-state index is -4.40. The standard InChI is InChI=1S/C15H15F3N4OS2/c1-3-8-19-13-21-22-14(25-13)24-9(2)12(23)20-11-6-4-10(5-7-11)15(16,17)18/h3-7,9H,1,8H2,2H3,(H,19,21)(H,20,23)/t9-/m1/s1. The summed E-state index contributed by atoms with van der Waals surface area (Å²) in [7, 11) is 0. The summed E-state index contributed by atoms with van der Waals surface area (Å²) in [5.74, 6) is -0.333. The van der Waals surface area contributed by atoms with E-state index >= 15 is 0 Å². The van der Waals surface area contributed by atoms with Crippen LogP contribution in [0.25, 0.3) is 0 Å². The van der Waals surface area contributed by atoms with E-state index in [4.69, 9.17) is 0 Å². The van der Waals surface area contributed by atoms with Crippen LogP contribution in [0.15, 0.2) is 41.3 Å². The lowest BCUT2D eigenvalue weighted by Gasteiger charge is -2.11. The Labute approximate surface area is 150 Å². The van der Waals surface area contributed by atoms with Crippen molar-refractivity contribution in [2.45, 2.75) is 22.7 Å². The van der Waals surface area contributed by atoms with Gasteiger partial charge >= 0.3 is 6.18 Å². The van der Waals surface area contributed by atoms with Crippen LogP contribution in [0.4, 0.5) is 24.0 Å². The molecule has 1 heterocycles. The second-order valence-electron chi connectivity index (χ2n) is 4.87. The Balaban J connectivity index is 1.91. The van der Waals surface area contributed by atoms with E-state index in [1.54, 1.807) is 13.0 Å². The summed E-state index contributed by atoms with van der Waals surface area (Å²) < 4.78 is 38.2. The van der Waals surface area contributed by atoms with E-state index in [9.17, 15) is 18.0 Å². The first kappa shape index (κ1) is 19.3. The number of hydrogen-bond donors (Lipinski definition) is 2. The molecular formula is C15H15F3N4OS2. The number of thioether (sulfide) groups is 1. The zero-order valence-corrected chi connectivity index (χ0v) is 14.8. The summed E-state index contributed by atoms with van der Waals surface area (Å²) >= 11 is 2.53. The van der Waals surface area contributed by atoms with Gasteiger partial charge in [0, 0.05) is 12.2 Å². The molecule has 0 saturated heterocycles. The molecule has 0 fully saturated rings. The van der Waals surface area contributed by atoms with Crippen molar-refractivity contribution in [3.63, 3.8) is 0 Å². The van der Waals surface area contributed by atoms with Crippen molar-refractivity contribution >= 4 is 39.8 Å². The van der Waals surface area contributed by atoms with Crippen molar-refractivity contribution in [3.8, 4) is 0 Å². The number of amides is 1. The van der Waals surface area contributed by atoms with Crippen LogP contribution in [-0.4, -0.2) is 27.9 Å². The molecule has 0 spiro atoms. The average molecular weight is 388 g/mol. The topological polar surface area (TPSA) is 66.9 Å². The van der Waals surface area contributed by atoms with Gasteiger partial charge in [-0.1, -0.05) is 29.2 Å². The first-order valence-electron chi connectivity index (χ1n) is 7.12. The maximum atomic E-state index is 12.5. The third-order valence-corrected chi connectivity index (χ3v) is 5.00. The minimum absolute atomic E-state index is 0.302. The van der Waals surface area contributed by atoms with Crippen molar-refractivity contribution in [2.24, 2.45) is 0 Å². The van der Waals surface area contributed by atoms with E-state index in [1.807, 2.05) is 0 Å². The molecular weight excluding hydrogens is 373 g/mol. The Bertz CT molecular complexity index is 731. The van der Waals surface area contributed by atoms with Crippen LogP contribution in [0.1, 0.15) is 12.5 Å². The minimum Gasteiger partial charge on any atom is -0.357 e. The Morgan fingerprint density at radius 2 is 2.04 bits per heavy atom. The molecule has 0 aliphatic heterocycles. The molecule has 5 nitrogen and oxygen atoms in total. The number of benzene rings is 1. The van der Waals surface area contributed by atoms with Gasteiger partial charge in [-0.25, -0.2) is 0 Å². The first-order chi connectivity index (χ1) is 11.8. The number of carbonyl (C=O) groups excluding carboxylic acids is 1. The van der Waals surface area contributed by atoms with Crippen LogP contribution < -0.4 is 10.6 Å². The molecule has 134 valence electrons. The van der Waals surface area contributed by atoms with E-state index in [1.165, 1.54) is 35.2 Å². The summed E-state index contributed by atoms with van der Waals surface area (Å²) in [5, 5.41) is 13.6. The van der Waals surface area contributed by atoms with Gasteiger partial charge in [-0.3, -0.25) is 4.79 Å². The third-order valence-electron chi connectivity index (χ3n) is 2.93. The molecule has 2 aromatic rings. The van der Waals surface area contributed by atoms with Crippen LogP contribution in [0.2, 0.25) is 0 Å². The number of aromatic nitrogens is 2. The number of anilines is 2. The highest BCUT2D eigenvalue weighted by molar-refractivity contribution is 8.02. The maximum absolute atomic E-state index is 12.5. The Morgan fingerprint density at radius 3 is 2.64 bits per heavy atom. The Morgan fingerprint density at radius 1 is 1.36 bits per heavy atom. The van der Waals surface area contributed by atoms with Crippen molar-refractivity contribution in [2.75, 3.05) is 17.2 Å². The number of halogens is 3. The maximum Gasteiger partial charge on any atom is 0.416 e. The smallest absolute Gasteiger partial charge is 0.357 e. The molecule has 10 heteroatoms. The van der Waals surface area contributed by atoms with Crippen LogP contribution in [0, 0.1) is 0 Å². The summed E-state index contributed by atoms with van der Waals surface area (Å²) in [5.41, 5.74) is -0.461. The quantitative estimate of drug-likeness (QED) is 0.548. The summed E-state index contributed by atoms with van der Waals surface area (Å²) in [4.78, 5) is 12.2. The monoisotopic (exact) mass is 388 g/mol. The number of rotatable bonds is 7. The highest BCUT2D eigenvalue weighted by Crippen LogP contribution is 2.31. The number of hydrogen-bond acceptors (Lipinski definition) is 6. The largest absolute Gasteiger partial charge is 0.416 e. The van der Waals surface area contributed by atoms with Gasteiger partial charge in [-0.05, 0) is 31.2 Å². The third kappa shape index (κ3) is 5.75. The highest BCUT2D eigenvalue weighted by Gasteiger charge is 2.30. The zero-order chi connectivity index (χ0) is 18.4. The fourth-order valence-electron chi connectivity index (χ4n) is 1.68. The van der Waals surface area contributed by atoms with Gasteiger partial charge in [-0.15, -0.1) is 16.8 Å². The molecule has 1 aromatic carbocycles. The predicted octanol–water partition coefficient (Wildman–Crippen LogP) is 4.27. The number of alkyl halides is 3. The molecule has 0 bridgehead atoms. The molecule has 0 saturated carbocycles.